The Bertz CT molecular complexity index is 1090. The maximum Gasteiger partial charge on any atom is 0.306 e. The van der Waals surface area contributed by atoms with Gasteiger partial charge in [0.2, 0.25) is 0 Å². The van der Waals surface area contributed by atoms with Crippen LogP contribution in [0.5, 0.6) is 0 Å². The predicted octanol–water partition coefficient (Wildman–Crippen LogP) is 21.6. The van der Waals surface area contributed by atoms with Crippen LogP contribution in [0.15, 0.2) is 0 Å². The summed E-state index contributed by atoms with van der Waals surface area (Å²) in [5.74, 6) is 0.853. The molecule has 0 aromatic carbocycles. The van der Waals surface area contributed by atoms with Crippen molar-refractivity contribution in [3.63, 3.8) is 0 Å². The lowest BCUT2D eigenvalue weighted by Crippen LogP contribution is -2.30. The molecule has 71 heavy (non-hydrogen) atoms. The smallest absolute Gasteiger partial charge is 0.306 e. The van der Waals surface area contributed by atoms with Crippen LogP contribution < -0.4 is 0 Å². The van der Waals surface area contributed by atoms with Gasteiger partial charge in [0.1, 0.15) is 13.2 Å². The van der Waals surface area contributed by atoms with Crippen LogP contribution in [0.4, 0.5) is 0 Å². The summed E-state index contributed by atoms with van der Waals surface area (Å²) < 4.78 is 17.0. The molecule has 0 spiro atoms. The van der Waals surface area contributed by atoms with E-state index >= 15 is 0 Å². The van der Waals surface area contributed by atoms with Crippen LogP contribution in [-0.4, -0.2) is 37.2 Å². The molecular weight excluding hydrogens is 877 g/mol. The summed E-state index contributed by atoms with van der Waals surface area (Å²) >= 11 is 0. The molecule has 0 fully saturated rings. The van der Waals surface area contributed by atoms with Crippen molar-refractivity contribution in [1.82, 2.24) is 0 Å². The number of ether oxygens (including phenoxy) is 3. The SMILES string of the molecule is CCCCCCCCCCCCCCCCCCCCC(=O)OC[C@H](COC(=O)CCCCCCCCCCCCCC(C)C)OC(=O)CCCCCCCCCCCCCCCCCCCCC(C)C. The molecule has 0 rings (SSSR count). The molecule has 0 bridgehead atoms. The largest absolute Gasteiger partial charge is 0.462 e. The Labute approximate surface area is 444 Å². The van der Waals surface area contributed by atoms with Crippen molar-refractivity contribution in [2.75, 3.05) is 13.2 Å². The number of hydrogen-bond acceptors (Lipinski definition) is 6. The van der Waals surface area contributed by atoms with E-state index in [0.717, 1.165) is 69.6 Å². The molecule has 0 aliphatic carbocycles. The lowest BCUT2D eigenvalue weighted by atomic mass is 10.0. The van der Waals surface area contributed by atoms with Crippen LogP contribution in [0.2, 0.25) is 0 Å². The lowest BCUT2D eigenvalue weighted by Gasteiger charge is -2.18. The Morgan fingerprint density at radius 3 is 0.690 bits per heavy atom. The standard InChI is InChI=1S/C65H126O6/c1-6-7-8-9-10-11-12-13-14-15-19-22-25-30-35-40-45-50-55-63(66)69-58-62(59-70-64(67)56-51-46-41-36-32-27-29-34-39-44-49-54-61(4)5)71-65(68)57-52-47-42-37-31-26-23-20-17-16-18-21-24-28-33-38-43-48-53-60(2)3/h60-62H,6-59H2,1-5H3/t62-/m1/s1. The second kappa shape index (κ2) is 57.7. The summed E-state index contributed by atoms with van der Waals surface area (Å²) in [6.07, 6.45) is 63.9. The number of rotatable bonds is 59. The summed E-state index contributed by atoms with van der Waals surface area (Å²) in [6, 6.07) is 0. The number of carbonyl (C=O) groups excluding carboxylic acids is 3. The van der Waals surface area contributed by atoms with Gasteiger partial charge in [-0.1, -0.05) is 330 Å². The molecule has 0 N–H and O–H groups in total. The molecule has 0 saturated heterocycles. The van der Waals surface area contributed by atoms with Crippen molar-refractivity contribution in [2.24, 2.45) is 11.8 Å². The Morgan fingerprint density at radius 1 is 0.268 bits per heavy atom. The van der Waals surface area contributed by atoms with Crippen LogP contribution in [0.3, 0.4) is 0 Å². The van der Waals surface area contributed by atoms with Gasteiger partial charge >= 0.3 is 17.9 Å². The van der Waals surface area contributed by atoms with E-state index < -0.39 is 6.10 Å². The van der Waals surface area contributed by atoms with Crippen molar-refractivity contribution < 1.29 is 28.6 Å². The zero-order valence-electron chi connectivity index (χ0n) is 48.9. The average molecular weight is 1000 g/mol. The van der Waals surface area contributed by atoms with E-state index in [1.807, 2.05) is 0 Å². The third-order valence-corrected chi connectivity index (χ3v) is 15.0. The van der Waals surface area contributed by atoms with Gasteiger partial charge in [0.25, 0.3) is 0 Å². The number of carbonyl (C=O) groups is 3. The zero-order chi connectivity index (χ0) is 51.8. The second-order valence-corrected chi connectivity index (χ2v) is 23.4. The van der Waals surface area contributed by atoms with Crippen molar-refractivity contribution >= 4 is 17.9 Å². The second-order valence-electron chi connectivity index (χ2n) is 23.4. The maximum absolute atomic E-state index is 12.9. The highest BCUT2D eigenvalue weighted by molar-refractivity contribution is 5.71. The van der Waals surface area contributed by atoms with E-state index in [9.17, 15) is 14.4 Å². The molecular formula is C65H126O6. The summed E-state index contributed by atoms with van der Waals surface area (Å²) in [6.45, 7) is 11.4. The minimum absolute atomic E-state index is 0.0619. The fraction of sp³-hybridized carbons (Fsp3) is 0.954. The highest BCUT2D eigenvalue weighted by Crippen LogP contribution is 2.19. The predicted molar refractivity (Wildman–Crippen MR) is 307 cm³/mol. The van der Waals surface area contributed by atoms with Crippen molar-refractivity contribution in [3.8, 4) is 0 Å². The average Bonchev–Trinajstić information content (AvgIpc) is 3.35. The number of hydrogen-bond donors (Lipinski definition) is 0. The molecule has 0 saturated carbocycles. The van der Waals surface area contributed by atoms with Crippen molar-refractivity contribution in [3.05, 3.63) is 0 Å². The van der Waals surface area contributed by atoms with Crippen molar-refractivity contribution in [1.29, 1.82) is 0 Å². The highest BCUT2D eigenvalue weighted by Gasteiger charge is 2.19. The van der Waals surface area contributed by atoms with E-state index in [0.29, 0.717) is 19.3 Å². The van der Waals surface area contributed by atoms with E-state index in [1.54, 1.807) is 0 Å². The minimum Gasteiger partial charge on any atom is -0.462 e. The van der Waals surface area contributed by atoms with Gasteiger partial charge in [0, 0.05) is 19.3 Å². The molecule has 0 aromatic rings. The van der Waals surface area contributed by atoms with E-state index in [2.05, 4.69) is 34.6 Å². The fourth-order valence-electron chi connectivity index (χ4n) is 10.1. The normalized spacial score (nSPS) is 12.0. The molecule has 0 radical (unpaired) electrons. The van der Waals surface area contributed by atoms with Crippen LogP contribution in [0.1, 0.15) is 369 Å². The molecule has 6 heteroatoms. The maximum atomic E-state index is 12.9. The van der Waals surface area contributed by atoms with E-state index in [1.165, 1.54) is 257 Å². The third-order valence-electron chi connectivity index (χ3n) is 15.0. The van der Waals surface area contributed by atoms with Crippen LogP contribution in [0.25, 0.3) is 0 Å². The van der Waals surface area contributed by atoms with Gasteiger partial charge in [0.05, 0.1) is 0 Å². The number of unbranched alkanes of at least 4 members (excludes halogenated alkanes) is 44. The molecule has 422 valence electrons. The van der Waals surface area contributed by atoms with Gasteiger partial charge in [-0.15, -0.1) is 0 Å². The molecule has 6 nitrogen and oxygen atoms in total. The molecule has 0 unspecified atom stereocenters. The third kappa shape index (κ3) is 59.2. The monoisotopic (exact) mass is 1000 g/mol. The topological polar surface area (TPSA) is 78.9 Å². The molecule has 0 heterocycles. The Hall–Kier alpha value is -1.59. The summed E-state index contributed by atoms with van der Waals surface area (Å²) in [4.78, 5) is 38.3. The van der Waals surface area contributed by atoms with Crippen LogP contribution in [0, 0.1) is 11.8 Å². The lowest BCUT2D eigenvalue weighted by molar-refractivity contribution is -0.167. The first-order chi connectivity index (χ1) is 34.7. The first-order valence-electron chi connectivity index (χ1n) is 32.2. The zero-order valence-corrected chi connectivity index (χ0v) is 48.9. The first kappa shape index (κ1) is 69.4. The molecule has 1 atom stereocenters. The van der Waals surface area contributed by atoms with E-state index in [-0.39, 0.29) is 31.1 Å². The Balaban J connectivity index is 4.26. The minimum atomic E-state index is -0.764. The molecule has 0 amide bonds. The molecule has 0 aliphatic rings. The van der Waals surface area contributed by atoms with Gasteiger partial charge in [-0.3, -0.25) is 14.4 Å². The highest BCUT2D eigenvalue weighted by atomic mass is 16.6. The Morgan fingerprint density at radius 2 is 0.465 bits per heavy atom. The van der Waals surface area contributed by atoms with Crippen molar-refractivity contribution in [2.45, 2.75) is 375 Å². The molecule has 0 aliphatic heterocycles. The molecule has 0 aromatic heterocycles. The van der Waals surface area contributed by atoms with Gasteiger partial charge in [-0.25, -0.2) is 0 Å². The Kier molecular flexibility index (Phi) is 56.4. The first-order valence-corrected chi connectivity index (χ1v) is 32.2. The summed E-state index contributed by atoms with van der Waals surface area (Å²) in [5.41, 5.74) is 0. The fourth-order valence-corrected chi connectivity index (χ4v) is 10.1. The van der Waals surface area contributed by atoms with Crippen LogP contribution >= 0.6 is 0 Å². The van der Waals surface area contributed by atoms with E-state index in [4.69, 9.17) is 14.2 Å². The van der Waals surface area contributed by atoms with Gasteiger partial charge in [-0.2, -0.15) is 0 Å². The summed E-state index contributed by atoms with van der Waals surface area (Å²) in [7, 11) is 0. The van der Waals surface area contributed by atoms with Gasteiger partial charge < -0.3 is 14.2 Å². The van der Waals surface area contributed by atoms with Gasteiger partial charge in [-0.05, 0) is 31.1 Å². The van der Waals surface area contributed by atoms with Gasteiger partial charge in [0.15, 0.2) is 6.10 Å². The number of esters is 3. The quantitative estimate of drug-likeness (QED) is 0.0343. The summed E-state index contributed by atoms with van der Waals surface area (Å²) in [5, 5.41) is 0. The van der Waals surface area contributed by atoms with Crippen LogP contribution in [-0.2, 0) is 28.6 Å².